The highest BCUT2D eigenvalue weighted by molar-refractivity contribution is 6.35. The molecule has 2 heterocycles. The lowest BCUT2D eigenvalue weighted by atomic mass is 10.2. The third kappa shape index (κ3) is 1.95. The molecule has 84 valence electrons. The first-order valence-corrected chi connectivity index (χ1v) is 4.77. The van der Waals surface area contributed by atoms with Crippen LogP contribution in [-0.4, -0.2) is 9.97 Å². The highest BCUT2D eigenvalue weighted by atomic mass is 35.5. The lowest BCUT2D eigenvalue weighted by Gasteiger charge is -2.08. The normalized spacial score (nSPS) is 12.1. The number of nitrogens with zero attached hydrogens (tertiary/aromatic N) is 2. The first-order chi connectivity index (χ1) is 7.38. The molecular weight excluding hydrogens is 241 g/mol. The van der Waals surface area contributed by atoms with E-state index in [-0.39, 0.29) is 10.7 Å². The van der Waals surface area contributed by atoms with Crippen molar-refractivity contribution in [3.05, 3.63) is 34.6 Å². The van der Waals surface area contributed by atoms with E-state index in [1.807, 2.05) is 0 Å². The van der Waals surface area contributed by atoms with Crippen LogP contribution in [0.1, 0.15) is 11.4 Å². The molecule has 0 saturated heterocycles. The minimum atomic E-state index is -4.51. The van der Waals surface area contributed by atoms with Crippen molar-refractivity contribution in [2.45, 2.75) is 13.1 Å². The maximum atomic E-state index is 12.4. The van der Waals surface area contributed by atoms with Crippen LogP contribution >= 0.6 is 11.6 Å². The molecule has 0 amide bonds. The number of aromatic nitrogens is 2. The van der Waals surface area contributed by atoms with Gasteiger partial charge in [-0.25, -0.2) is 9.97 Å². The Morgan fingerprint density at radius 1 is 1.19 bits per heavy atom. The predicted molar refractivity (Wildman–Crippen MR) is 54.3 cm³/mol. The van der Waals surface area contributed by atoms with Crippen LogP contribution in [0.2, 0.25) is 5.02 Å². The summed E-state index contributed by atoms with van der Waals surface area (Å²) in [6.07, 6.45) is -4.51. The van der Waals surface area contributed by atoms with E-state index in [0.717, 1.165) is 6.07 Å². The fraction of sp³-hybridized carbons (Fsp3) is 0.200. The minimum absolute atomic E-state index is 0.00447. The zero-order valence-electron chi connectivity index (χ0n) is 8.14. The fourth-order valence-electron chi connectivity index (χ4n) is 1.30. The summed E-state index contributed by atoms with van der Waals surface area (Å²) in [6, 6.07) is 4.08. The maximum Gasteiger partial charge on any atom is 0.433 e. The molecule has 2 aromatic rings. The van der Waals surface area contributed by atoms with Gasteiger partial charge in [0.1, 0.15) is 5.69 Å². The first kappa shape index (κ1) is 11.1. The molecule has 0 atom stereocenters. The average molecular weight is 247 g/mol. The van der Waals surface area contributed by atoms with Gasteiger partial charge in [-0.15, -0.1) is 0 Å². The molecule has 0 aromatic carbocycles. The second kappa shape index (κ2) is 3.59. The number of hydrogen-bond acceptors (Lipinski definition) is 2. The van der Waals surface area contributed by atoms with Crippen LogP contribution in [0, 0.1) is 6.92 Å². The van der Waals surface area contributed by atoms with Gasteiger partial charge in [0.05, 0.1) is 5.02 Å². The molecule has 0 unspecified atom stereocenters. The maximum absolute atomic E-state index is 12.4. The molecule has 2 nitrogen and oxygen atoms in total. The summed E-state index contributed by atoms with van der Waals surface area (Å²) in [4.78, 5) is 7.36. The summed E-state index contributed by atoms with van der Waals surface area (Å²) in [5.74, 6) is 0. The molecule has 2 aromatic heterocycles. The summed E-state index contributed by atoms with van der Waals surface area (Å²) in [5, 5.41) is 0.421. The van der Waals surface area contributed by atoms with Gasteiger partial charge in [-0.1, -0.05) is 11.6 Å². The highest BCUT2D eigenvalue weighted by Crippen LogP contribution is 2.32. The zero-order chi connectivity index (χ0) is 11.9. The number of fused-ring (bicyclic) bond motifs is 1. The van der Waals surface area contributed by atoms with Crippen LogP contribution in [0.25, 0.3) is 11.0 Å². The monoisotopic (exact) mass is 246 g/mol. The average Bonchev–Trinajstić information content (AvgIpc) is 2.15. The lowest BCUT2D eigenvalue weighted by Crippen LogP contribution is -2.08. The number of halogens is 4. The second-order valence-electron chi connectivity index (χ2n) is 3.31. The van der Waals surface area contributed by atoms with Gasteiger partial charge in [0.15, 0.2) is 5.65 Å². The Labute approximate surface area is 94.1 Å². The van der Waals surface area contributed by atoms with Gasteiger partial charge in [0.2, 0.25) is 0 Å². The van der Waals surface area contributed by atoms with E-state index in [1.54, 1.807) is 19.1 Å². The molecule has 0 aliphatic heterocycles. The van der Waals surface area contributed by atoms with Crippen molar-refractivity contribution < 1.29 is 13.2 Å². The topological polar surface area (TPSA) is 25.8 Å². The number of pyridine rings is 2. The summed E-state index contributed by atoms with van der Waals surface area (Å²) >= 11 is 5.74. The molecule has 16 heavy (non-hydrogen) atoms. The Bertz CT molecular complexity index is 551. The van der Waals surface area contributed by atoms with E-state index < -0.39 is 11.9 Å². The Kier molecular flexibility index (Phi) is 2.50. The van der Waals surface area contributed by atoms with Crippen LogP contribution in [0.15, 0.2) is 18.2 Å². The van der Waals surface area contributed by atoms with Gasteiger partial charge in [-0.2, -0.15) is 13.2 Å². The van der Waals surface area contributed by atoms with Gasteiger partial charge in [0, 0.05) is 11.1 Å². The SMILES string of the molecule is Cc1ccc2c(Cl)cc(C(F)(F)F)nc2n1. The molecule has 0 N–H and O–H groups in total. The van der Waals surface area contributed by atoms with Gasteiger partial charge in [0.25, 0.3) is 0 Å². The van der Waals surface area contributed by atoms with E-state index in [1.165, 1.54) is 0 Å². The molecule has 0 saturated carbocycles. The summed E-state index contributed by atoms with van der Waals surface area (Å²) in [7, 11) is 0. The fourth-order valence-corrected chi connectivity index (χ4v) is 1.55. The van der Waals surface area contributed by atoms with E-state index in [2.05, 4.69) is 9.97 Å². The third-order valence-electron chi connectivity index (χ3n) is 2.05. The van der Waals surface area contributed by atoms with E-state index in [0.29, 0.717) is 11.1 Å². The molecule has 0 aliphatic carbocycles. The molecular formula is C10H6ClF3N2. The van der Waals surface area contributed by atoms with E-state index in [4.69, 9.17) is 11.6 Å². The Morgan fingerprint density at radius 3 is 2.50 bits per heavy atom. The molecule has 0 fully saturated rings. The Balaban J connectivity index is 2.75. The van der Waals surface area contributed by atoms with Crippen molar-refractivity contribution >= 4 is 22.6 Å². The van der Waals surface area contributed by atoms with Crippen LogP contribution < -0.4 is 0 Å². The number of alkyl halides is 3. The van der Waals surface area contributed by atoms with Crippen molar-refractivity contribution in [1.29, 1.82) is 0 Å². The van der Waals surface area contributed by atoms with Crippen molar-refractivity contribution in [3.8, 4) is 0 Å². The first-order valence-electron chi connectivity index (χ1n) is 4.39. The van der Waals surface area contributed by atoms with Gasteiger partial charge < -0.3 is 0 Å². The molecule has 0 aliphatic rings. The minimum Gasteiger partial charge on any atom is -0.233 e. The van der Waals surface area contributed by atoms with Crippen molar-refractivity contribution in [2.75, 3.05) is 0 Å². The third-order valence-corrected chi connectivity index (χ3v) is 2.36. The largest absolute Gasteiger partial charge is 0.433 e. The van der Waals surface area contributed by atoms with Gasteiger partial charge in [-0.3, -0.25) is 0 Å². The smallest absolute Gasteiger partial charge is 0.233 e. The van der Waals surface area contributed by atoms with Crippen molar-refractivity contribution in [3.63, 3.8) is 0 Å². The predicted octanol–water partition coefficient (Wildman–Crippen LogP) is 3.61. The summed E-state index contributed by atoms with van der Waals surface area (Å²) < 4.78 is 37.3. The van der Waals surface area contributed by atoms with E-state index >= 15 is 0 Å². The van der Waals surface area contributed by atoms with Crippen LogP contribution in [-0.2, 0) is 6.18 Å². The molecule has 2 rings (SSSR count). The van der Waals surface area contributed by atoms with Crippen LogP contribution in [0.5, 0.6) is 0 Å². The van der Waals surface area contributed by atoms with Crippen molar-refractivity contribution in [1.82, 2.24) is 9.97 Å². The Hall–Kier alpha value is -1.36. The number of rotatable bonds is 0. The zero-order valence-corrected chi connectivity index (χ0v) is 8.89. The molecule has 0 bridgehead atoms. The van der Waals surface area contributed by atoms with Crippen molar-refractivity contribution in [2.24, 2.45) is 0 Å². The molecule has 6 heteroatoms. The number of hydrogen-bond donors (Lipinski definition) is 0. The molecule has 0 spiro atoms. The Morgan fingerprint density at radius 2 is 1.88 bits per heavy atom. The number of aryl methyl sites for hydroxylation is 1. The van der Waals surface area contributed by atoms with Gasteiger partial charge >= 0.3 is 6.18 Å². The lowest BCUT2D eigenvalue weighted by molar-refractivity contribution is -0.141. The van der Waals surface area contributed by atoms with Crippen LogP contribution in [0.4, 0.5) is 13.2 Å². The standard InChI is InChI=1S/C10H6ClF3N2/c1-5-2-3-6-7(11)4-8(10(12,13)14)16-9(6)15-5/h2-4H,1H3. The summed E-state index contributed by atoms with van der Waals surface area (Å²) in [6.45, 7) is 1.68. The van der Waals surface area contributed by atoms with E-state index in [9.17, 15) is 13.2 Å². The van der Waals surface area contributed by atoms with Gasteiger partial charge in [-0.05, 0) is 25.1 Å². The second-order valence-corrected chi connectivity index (χ2v) is 3.72. The molecule has 0 radical (unpaired) electrons. The quantitative estimate of drug-likeness (QED) is 0.710. The highest BCUT2D eigenvalue weighted by Gasteiger charge is 2.33. The summed E-state index contributed by atoms with van der Waals surface area (Å²) in [5.41, 5.74) is -0.418. The van der Waals surface area contributed by atoms with Crippen LogP contribution in [0.3, 0.4) is 0 Å².